The maximum atomic E-state index is 14.6. The van der Waals surface area contributed by atoms with Gasteiger partial charge in [0.1, 0.15) is 0 Å². The van der Waals surface area contributed by atoms with E-state index in [-0.39, 0.29) is 12.5 Å². The highest BCUT2D eigenvalue weighted by atomic mass is 19.3. The van der Waals surface area contributed by atoms with E-state index < -0.39 is 12.0 Å². The van der Waals surface area contributed by atoms with Crippen LogP contribution in [-0.4, -0.2) is 78.4 Å². The Morgan fingerprint density at radius 2 is 1.72 bits per heavy atom. The summed E-state index contributed by atoms with van der Waals surface area (Å²) in [6.45, 7) is 13.8. The molecule has 2 rings (SSSR count). The zero-order chi connectivity index (χ0) is 19.0. The van der Waals surface area contributed by atoms with Crippen molar-refractivity contribution in [3.63, 3.8) is 0 Å². The lowest BCUT2D eigenvalue weighted by Crippen LogP contribution is -2.62. The highest BCUT2D eigenvalue weighted by Crippen LogP contribution is 2.32. The summed E-state index contributed by atoms with van der Waals surface area (Å²) in [5, 5.41) is 0. The molecule has 2 saturated heterocycles. The minimum absolute atomic E-state index is 0.125. The fourth-order valence-corrected chi connectivity index (χ4v) is 3.59. The molecule has 2 fully saturated rings. The molecule has 6 heteroatoms. The standard InChI is InChI=1S/C17H31F2N3O.C2H6/c1-4-16(23)22-11-9-21(10-12-22)15-6-8-20(7-5-14(2)3)13-17(15,18)19;1-2/h14-15H,4-13H2,1-3H3;1-2H3. The minimum atomic E-state index is -2.66. The van der Waals surface area contributed by atoms with Gasteiger partial charge < -0.3 is 4.90 Å². The van der Waals surface area contributed by atoms with Gasteiger partial charge >= 0.3 is 0 Å². The van der Waals surface area contributed by atoms with Crippen molar-refractivity contribution in [3.05, 3.63) is 0 Å². The van der Waals surface area contributed by atoms with Crippen molar-refractivity contribution in [1.29, 1.82) is 0 Å². The number of carbonyl (C=O) groups excluding carboxylic acids is 1. The van der Waals surface area contributed by atoms with Gasteiger partial charge in [0.2, 0.25) is 5.91 Å². The predicted octanol–water partition coefficient (Wildman–Crippen LogP) is 3.32. The quantitative estimate of drug-likeness (QED) is 0.752. The average Bonchev–Trinajstić information content (AvgIpc) is 2.60. The Hall–Kier alpha value is -0.750. The summed E-state index contributed by atoms with van der Waals surface area (Å²) in [6.07, 6.45) is 1.98. The van der Waals surface area contributed by atoms with Crippen molar-refractivity contribution in [3.8, 4) is 0 Å². The van der Waals surface area contributed by atoms with Gasteiger partial charge in [-0.2, -0.15) is 0 Å². The minimum Gasteiger partial charge on any atom is -0.340 e. The molecule has 0 aromatic carbocycles. The average molecular weight is 362 g/mol. The molecule has 0 N–H and O–H groups in total. The number of hydrogen-bond acceptors (Lipinski definition) is 3. The van der Waals surface area contributed by atoms with Crippen LogP contribution >= 0.6 is 0 Å². The topological polar surface area (TPSA) is 26.8 Å². The number of likely N-dealkylation sites (tertiary alicyclic amines) is 1. The summed E-state index contributed by atoms with van der Waals surface area (Å²) in [4.78, 5) is 17.3. The van der Waals surface area contributed by atoms with Crippen LogP contribution in [0.2, 0.25) is 0 Å². The number of rotatable bonds is 5. The molecule has 25 heavy (non-hydrogen) atoms. The molecule has 0 aliphatic carbocycles. The van der Waals surface area contributed by atoms with Gasteiger partial charge in [0.25, 0.3) is 5.92 Å². The van der Waals surface area contributed by atoms with E-state index in [1.165, 1.54) is 0 Å². The number of nitrogens with zero attached hydrogens (tertiary/aromatic N) is 3. The van der Waals surface area contributed by atoms with E-state index in [4.69, 9.17) is 0 Å². The van der Waals surface area contributed by atoms with Crippen molar-refractivity contribution < 1.29 is 13.6 Å². The van der Waals surface area contributed by atoms with Crippen LogP contribution in [0.25, 0.3) is 0 Å². The summed E-state index contributed by atoms with van der Waals surface area (Å²) in [6, 6.07) is -0.670. The molecule has 148 valence electrons. The van der Waals surface area contributed by atoms with E-state index in [1.54, 1.807) is 4.90 Å². The zero-order valence-corrected chi connectivity index (χ0v) is 16.7. The van der Waals surface area contributed by atoms with Gasteiger partial charge in [0, 0.05) is 39.1 Å². The van der Waals surface area contributed by atoms with E-state index in [0.717, 1.165) is 19.5 Å². The summed E-state index contributed by atoms with van der Waals surface area (Å²) < 4.78 is 29.2. The second kappa shape index (κ2) is 10.4. The molecule has 2 heterocycles. The third-order valence-electron chi connectivity index (χ3n) is 5.07. The van der Waals surface area contributed by atoms with Crippen molar-refractivity contribution in [2.45, 2.75) is 65.8 Å². The molecule has 1 amide bonds. The molecule has 0 bridgehead atoms. The molecule has 2 aliphatic heterocycles. The predicted molar refractivity (Wildman–Crippen MR) is 99.0 cm³/mol. The largest absolute Gasteiger partial charge is 0.340 e. The molecule has 1 unspecified atom stereocenters. The van der Waals surface area contributed by atoms with E-state index >= 15 is 0 Å². The first-order valence-electron chi connectivity index (χ1n) is 9.95. The zero-order valence-electron chi connectivity index (χ0n) is 16.7. The number of amides is 1. The van der Waals surface area contributed by atoms with Crippen molar-refractivity contribution >= 4 is 5.91 Å². The van der Waals surface area contributed by atoms with Crippen LogP contribution in [0.3, 0.4) is 0 Å². The lowest BCUT2D eigenvalue weighted by Gasteiger charge is -2.46. The molecule has 2 aliphatic rings. The molecule has 0 saturated carbocycles. The Labute approximate surface area is 152 Å². The molecule has 0 aromatic rings. The van der Waals surface area contributed by atoms with Crippen molar-refractivity contribution in [2.75, 3.05) is 45.8 Å². The smallest absolute Gasteiger partial charge is 0.275 e. The Morgan fingerprint density at radius 3 is 2.20 bits per heavy atom. The van der Waals surface area contributed by atoms with Gasteiger partial charge in [-0.05, 0) is 25.3 Å². The first kappa shape index (κ1) is 22.3. The molecular formula is C19H37F2N3O. The summed E-state index contributed by atoms with van der Waals surface area (Å²) in [7, 11) is 0. The van der Waals surface area contributed by atoms with Gasteiger partial charge in [-0.3, -0.25) is 14.6 Å². The Kier molecular flexibility index (Phi) is 9.28. The lowest BCUT2D eigenvalue weighted by atomic mass is 9.97. The van der Waals surface area contributed by atoms with Crippen LogP contribution in [0.4, 0.5) is 8.78 Å². The van der Waals surface area contributed by atoms with E-state index in [9.17, 15) is 13.6 Å². The van der Waals surface area contributed by atoms with Crippen molar-refractivity contribution in [1.82, 2.24) is 14.7 Å². The van der Waals surface area contributed by atoms with Gasteiger partial charge in [-0.1, -0.05) is 34.6 Å². The lowest BCUT2D eigenvalue weighted by molar-refractivity contribution is -0.143. The third-order valence-corrected chi connectivity index (χ3v) is 5.07. The van der Waals surface area contributed by atoms with Crippen LogP contribution in [0, 0.1) is 5.92 Å². The van der Waals surface area contributed by atoms with Crippen LogP contribution in [-0.2, 0) is 4.79 Å². The van der Waals surface area contributed by atoms with E-state index in [1.807, 2.05) is 30.6 Å². The second-order valence-electron chi connectivity index (χ2n) is 7.29. The maximum absolute atomic E-state index is 14.6. The van der Waals surface area contributed by atoms with Gasteiger partial charge in [-0.25, -0.2) is 8.78 Å². The Balaban J connectivity index is 0.00000151. The normalized spacial score (nSPS) is 24.8. The third kappa shape index (κ3) is 6.48. The van der Waals surface area contributed by atoms with Gasteiger partial charge in [0.15, 0.2) is 0 Å². The Morgan fingerprint density at radius 1 is 1.12 bits per heavy atom. The monoisotopic (exact) mass is 361 g/mol. The van der Waals surface area contributed by atoms with Gasteiger partial charge in [0.05, 0.1) is 12.6 Å². The highest BCUT2D eigenvalue weighted by molar-refractivity contribution is 5.75. The summed E-state index contributed by atoms with van der Waals surface area (Å²) >= 11 is 0. The first-order valence-corrected chi connectivity index (χ1v) is 9.95. The van der Waals surface area contributed by atoms with Crippen molar-refractivity contribution in [2.24, 2.45) is 5.92 Å². The maximum Gasteiger partial charge on any atom is 0.275 e. The van der Waals surface area contributed by atoms with E-state index in [0.29, 0.717) is 44.9 Å². The number of alkyl halides is 2. The highest BCUT2D eigenvalue weighted by Gasteiger charge is 2.47. The molecular weight excluding hydrogens is 324 g/mol. The second-order valence-corrected chi connectivity index (χ2v) is 7.29. The molecule has 1 atom stereocenters. The number of piperidine rings is 1. The number of halogens is 2. The van der Waals surface area contributed by atoms with Crippen LogP contribution < -0.4 is 0 Å². The molecule has 0 aromatic heterocycles. The molecule has 4 nitrogen and oxygen atoms in total. The van der Waals surface area contributed by atoms with Gasteiger partial charge in [-0.15, -0.1) is 0 Å². The fraction of sp³-hybridized carbons (Fsp3) is 0.947. The van der Waals surface area contributed by atoms with Crippen LogP contribution in [0.15, 0.2) is 0 Å². The fourth-order valence-electron chi connectivity index (χ4n) is 3.59. The number of carbonyl (C=O) groups is 1. The van der Waals surface area contributed by atoms with Crippen LogP contribution in [0.1, 0.15) is 53.9 Å². The Bertz CT molecular complexity index is 396. The molecule has 0 radical (unpaired) electrons. The summed E-state index contributed by atoms with van der Waals surface area (Å²) in [5.74, 6) is -1.99. The van der Waals surface area contributed by atoms with E-state index in [2.05, 4.69) is 13.8 Å². The SMILES string of the molecule is CC.CCC(=O)N1CCN(C2CCN(CCC(C)C)CC2(F)F)CC1. The number of hydrogen-bond donors (Lipinski definition) is 0. The van der Waals surface area contributed by atoms with Crippen LogP contribution in [0.5, 0.6) is 0 Å². The summed E-state index contributed by atoms with van der Waals surface area (Å²) in [5.41, 5.74) is 0. The molecule has 0 spiro atoms. The first-order chi connectivity index (χ1) is 11.8. The number of piperazine rings is 1.